The molecule has 13 atom stereocenters. The molecule has 20 aliphatic carbocycles. The Bertz CT molecular complexity index is 4080. The van der Waals surface area contributed by atoms with Crippen molar-refractivity contribution < 1.29 is 95.3 Å². The van der Waals surface area contributed by atoms with Gasteiger partial charge >= 0.3 is 59.7 Å². The topological polar surface area (TPSA) is 263 Å². The molecule has 20 bridgehead atoms. The van der Waals surface area contributed by atoms with Crippen LogP contribution in [0, 0.1) is 173 Å². The van der Waals surface area contributed by atoms with Crippen LogP contribution in [0.1, 0.15) is 445 Å². The van der Waals surface area contributed by atoms with Gasteiger partial charge in [0.15, 0.2) is 33.0 Å². The van der Waals surface area contributed by atoms with Gasteiger partial charge in [-0.2, -0.15) is 0 Å². The second-order valence-corrected chi connectivity index (χ2v) is 55.0. The smallest absolute Gasteiger partial charge is 0.344 e. The zero-order valence-electron chi connectivity index (χ0n) is 91.7. The fourth-order valence-corrected chi connectivity index (χ4v) is 32.4. The van der Waals surface area contributed by atoms with Gasteiger partial charge in [-0.05, 0) is 404 Å². The second-order valence-electron chi connectivity index (χ2n) is 55.0. The fraction of sp³-hybridized carbons (Fsp3) is 0.915. The van der Waals surface area contributed by atoms with Crippen LogP contribution in [0.5, 0.6) is 0 Å². The highest BCUT2D eigenvalue weighted by molar-refractivity contribution is 5.82. The van der Waals surface area contributed by atoms with E-state index in [0.717, 1.165) is 119 Å². The molecule has 0 heterocycles. The summed E-state index contributed by atoms with van der Waals surface area (Å²) in [6.07, 6.45) is 41.7. The summed E-state index contributed by atoms with van der Waals surface area (Å²) in [6, 6.07) is 0. The van der Waals surface area contributed by atoms with E-state index >= 15 is 0 Å². The number of carbonyl (C=O) groups is 10. The summed E-state index contributed by atoms with van der Waals surface area (Å²) in [5.74, 6) is 6.27. The van der Waals surface area contributed by atoms with Crippen LogP contribution in [-0.2, 0) is 95.3 Å². The maximum atomic E-state index is 12.8. The summed E-state index contributed by atoms with van der Waals surface area (Å²) in [5, 5.41) is 0. The number of ether oxygens (including phenoxy) is 10. The SMILES string of the molecule is CCC(C)(C)C(=O)OCC(=O)OC1(CC(C)(C)C)C2CC3CC1CC(C)(C3)C2.CCC(C)(C)C(=O)OCC(=O)OC1(CCC(C)C)C2CC3CC1CC(C)(C3)C2.CCC(C)C(=O)OCC(=O)OC1(C(CC)CC)C2CC3CC1CC(C)(C3)C2.CCC(C)C(=O)OCC(=O)OC1(CC(C)(C)C)C2CC3CC1CC(C)(C3)C2.CCC(C)C(=O)OCC(=O)OC1(CCC(C)C)C2CC3CC1CC(C)(C3)C2. The van der Waals surface area contributed by atoms with Crippen molar-refractivity contribution >= 4 is 59.7 Å². The Hall–Kier alpha value is -5.30. The molecular formula is C117H194O20. The van der Waals surface area contributed by atoms with Gasteiger partial charge in [-0.1, -0.05) is 173 Å². The monoisotopic (exact) mass is 1920 g/mol. The molecule has 782 valence electrons. The molecule has 20 rings (SSSR count). The highest BCUT2D eigenvalue weighted by atomic mass is 16.6. The van der Waals surface area contributed by atoms with E-state index in [1.165, 1.54) is 135 Å². The van der Waals surface area contributed by atoms with Crippen molar-refractivity contribution in [3.8, 4) is 0 Å². The Morgan fingerprint density at radius 2 is 0.489 bits per heavy atom. The number of hydrogen-bond acceptors (Lipinski definition) is 20. The van der Waals surface area contributed by atoms with E-state index in [4.69, 9.17) is 47.4 Å². The zero-order valence-corrected chi connectivity index (χ0v) is 91.7. The number of hydrogen-bond donors (Lipinski definition) is 0. The molecule has 20 aliphatic rings. The molecule has 13 unspecified atom stereocenters. The lowest BCUT2D eigenvalue weighted by Crippen LogP contribution is -2.65. The first-order chi connectivity index (χ1) is 63.7. The normalized spacial score (nSPS) is 37.6. The number of carbonyl (C=O) groups excluding carboxylic acids is 10. The van der Waals surface area contributed by atoms with Gasteiger partial charge in [0.25, 0.3) is 0 Å². The minimum absolute atomic E-state index is 0.0808. The summed E-state index contributed by atoms with van der Waals surface area (Å²) in [4.78, 5) is 124. The van der Waals surface area contributed by atoms with E-state index < -0.39 is 16.4 Å². The van der Waals surface area contributed by atoms with E-state index in [0.29, 0.717) is 123 Å². The number of rotatable bonds is 36. The van der Waals surface area contributed by atoms with Crippen molar-refractivity contribution in [2.75, 3.05) is 33.0 Å². The second kappa shape index (κ2) is 43.5. The molecule has 20 saturated carbocycles. The van der Waals surface area contributed by atoms with Crippen molar-refractivity contribution in [1.29, 1.82) is 0 Å². The third-order valence-corrected chi connectivity index (χ3v) is 38.8. The molecule has 0 aromatic heterocycles. The molecule has 0 saturated heterocycles. The van der Waals surface area contributed by atoms with Crippen LogP contribution in [-0.4, -0.2) is 121 Å². The third-order valence-electron chi connectivity index (χ3n) is 38.8. The van der Waals surface area contributed by atoms with Gasteiger partial charge in [0.1, 0.15) is 28.0 Å². The Labute approximate surface area is 829 Å². The van der Waals surface area contributed by atoms with Gasteiger partial charge in [0, 0.05) is 11.8 Å². The minimum Gasteiger partial charge on any atom is -0.456 e. The predicted molar refractivity (Wildman–Crippen MR) is 534 cm³/mol. The van der Waals surface area contributed by atoms with Gasteiger partial charge in [0.2, 0.25) is 0 Å². The molecule has 137 heavy (non-hydrogen) atoms. The standard InChI is InChI=1S/2C24H40O4.3C23H38O4/c1-8-22(5,6)20(26)27-14-19(25)28-24(15-21(2,3)4)17-9-16-10-18(24)13-23(7,11-16)12-17;1-7-22(4,5)21(26)27-15-20(25)28-24(9-8-16(2)3)18-10-17-11-19(24)14-23(6,12-17)13-18;1-7-15(2)20(25)26-13-19(24)27-23(14-21(3,4)5)17-8-16-9-18(23)12-22(6,10-16)11-17;1-6-16(4)21(25)26-14-20(24)27-23(8-7-15(2)3)18-9-17-10-19(23)13-22(5,11-17)12-18;1-6-15(4)21(25)26-14-20(24)27-23(17(7-2)8-3)18-9-16-10-19(23)13-22(5,11-16)12-18/h16-18H,8-15H2,1-7H3;16-19H,7-15H2,1-6H3;15-18H,7-14H2,1-6H3;2*15-19H,6-14H2,1-5H3. The van der Waals surface area contributed by atoms with Crippen molar-refractivity contribution in [1.82, 2.24) is 0 Å². The lowest BCUT2D eigenvalue weighted by molar-refractivity contribution is -0.245. The van der Waals surface area contributed by atoms with Crippen LogP contribution >= 0.6 is 0 Å². The largest absolute Gasteiger partial charge is 0.456 e. The summed E-state index contributed by atoms with van der Waals surface area (Å²) in [5.41, 5.74) is -0.613. The molecule has 0 amide bonds. The van der Waals surface area contributed by atoms with Crippen molar-refractivity contribution in [2.24, 2.45) is 173 Å². The lowest BCUT2D eigenvalue weighted by atomic mass is 9.42. The maximum absolute atomic E-state index is 12.8. The van der Waals surface area contributed by atoms with Crippen LogP contribution in [0.25, 0.3) is 0 Å². The predicted octanol–water partition coefficient (Wildman–Crippen LogP) is 26.5. The minimum atomic E-state index is -0.569. The van der Waals surface area contributed by atoms with Crippen LogP contribution in [0.3, 0.4) is 0 Å². The van der Waals surface area contributed by atoms with Crippen LogP contribution < -0.4 is 0 Å². The molecular weight excluding hydrogens is 1730 g/mol. The molecule has 0 aromatic carbocycles. The van der Waals surface area contributed by atoms with Gasteiger partial charge in [-0.25, -0.2) is 24.0 Å². The maximum Gasteiger partial charge on any atom is 0.344 e. The van der Waals surface area contributed by atoms with Crippen LogP contribution in [0.2, 0.25) is 0 Å². The Morgan fingerprint density at radius 3 is 0.701 bits per heavy atom. The van der Waals surface area contributed by atoms with Crippen LogP contribution in [0.4, 0.5) is 0 Å². The first kappa shape index (κ1) is 112. The molecule has 20 fully saturated rings. The van der Waals surface area contributed by atoms with Gasteiger partial charge in [-0.15, -0.1) is 0 Å². The van der Waals surface area contributed by atoms with E-state index in [2.05, 4.69) is 118 Å². The average molecular weight is 1920 g/mol. The fourth-order valence-electron chi connectivity index (χ4n) is 32.4. The summed E-state index contributed by atoms with van der Waals surface area (Å²) in [7, 11) is 0. The summed E-state index contributed by atoms with van der Waals surface area (Å²) in [6.45, 7) is 60.3. The number of esters is 10. The molecule has 0 spiro atoms. The van der Waals surface area contributed by atoms with Crippen molar-refractivity contribution in [3.63, 3.8) is 0 Å². The van der Waals surface area contributed by atoms with Crippen molar-refractivity contribution in [3.05, 3.63) is 0 Å². The molecule has 20 heteroatoms. The van der Waals surface area contributed by atoms with Gasteiger partial charge < -0.3 is 47.4 Å². The molecule has 0 aromatic rings. The van der Waals surface area contributed by atoms with Crippen molar-refractivity contribution in [2.45, 2.75) is 473 Å². The quantitative estimate of drug-likeness (QED) is 0.0417. The van der Waals surface area contributed by atoms with E-state index in [9.17, 15) is 47.9 Å². The Kier molecular flexibility index (Phi) is 35.6. The first-order valence-electron chi connectivity index (χ1n) is 55.6. The molecule has 0 aliphatic heterocycles. The van der Waals surface area contributed by atoms with E-state index in [1.54, 1.807) is 0 Å². The molecule has 0 N–H and O–H groups in total. The van der Waals surface area contributed by atoms with Gasteiger partial charge in [0.05, 0.1) is 28.6 Å². The van der Waals surface area contributed by atoms with Gasteiger partial charge in [-0.3, -0.25) is 24.0 Å². The Balaban J connectivity index is 0.000000164. The van der Waals surface area contributed by atoms with E-state index in [-0.39, 0.29) is 144 Å². The molecule has 0 radical (unpaired) electrons. The van der Waals surface area contributed by atoms with Crippen LogP contribution in [0.15, 0.2) is 0 Å². The highest BCUT2D eigenvalue weighted by Gasteiger charge is 2.70. The lowest BCUT2D eigenvalue weighted by Gasteiger charge is -2.65. The zero-order chi connectivity index (χ0) is 101. The van der Waals surface area contributed by atoms with E-state index in [1.807, 2.05) is 83.1 Å². The summed E-state index contributed by atoms with van der Waals surface area (Å²) >= 11 is 0. The highest BCUT2D eigenvalue weighted by Crippen LogP contribution is 2.72. The molecule has 20 nitrogen and oxygen atoms in total. The average Bonchev–Trinajstić information content (AvgIpc) is 0.706. The first-order valence-corrected chi connectivity index (χ1v) is 55.6. The summed E-state index contributed by atoms with van der Waals surface area (Å²) < 4.78 is 57.9. The Morgan fingerprint density at radius 1 is 0.277 bits per heavy atom. The third kappa shape index (κ3) is 25.8.